The van der Waals surface area contributed by atoms with Gasteiger partial charge in [0, 0.05) is 17.6 Å². The van der Waals surface area contributed by atoms with Crippen LogP contribution in [0.3, 0.4) is 0 Å². The van der Waals surface area contributed by atoms with E-state index in [1.165, 1.54) is 11.3 Å². The van der Waals surface area contributed by atoms with Crippen molar-refractivity contribution in [1.29, 1.82) is 0 Å². The maximum absolute atomic E-state index is 13.5. The summed E-state index contributed by atoms with van der Waals surface area (Å²) in [5.41, 5.74) is 5.32. The Labute approximate surface area is 250 Å². The van der Waals surface area contributed by atoms with Crippen LogP contribution >= 0.6 is 11.3 Å². The third kappa shape index (κ3) is 8.57. The van der Waals surface area contributed by atoms with Crippen molar-refractivity contribution in [3.05, 3.63) is 99.5 Å². The fraction of sp³-hybridized carbons (Fsp3) is 0.303. The number of rotatable bonds is 13. The van der Waals surface area contributed by atoms with Crippen molar-refractivity contribution in [1.82, 2.24) is 9.88 Å². The number of aryl methyl sites for hydroxylation is 2. The summed E-state index contributed by atoms with van der Waals surface area (Å²) in [6, 6.07) is 18.8. The molecule has 4 aromatic rings. The van der Waals surface area contributed by atoms with Gasteiger partial charge < -0.3 is 24.8 Å². The summed E-state index contributed by atoms with van der Waals surface area (Å²) >= 11 is 1.47. The largest absolute Gasteiger partial charge is 0.506 e. The molecule has 2 amide bonds. The Balaban J connectivity index is 1.58. The first-order valence-corrected chi connectivity index (χ1v) is 14.9. The Morgan fingerprint density at radius 3 is 2.45 bits per heavy atom. The molecule has 0 saturated heterocycles. The topological polar surface area (TPSA) is 101 Å². The van der Waals surface area contributed by atoms with E-state index in [9.17, 15) is 14.7 Å². The smallest absolute Gasteiger partial charge is 0.415 e. The summed E-state index contributed by atoms with van der Waals surface area (Å²) < 4.78 is 11.7. The zero-order chi connectivity index (χ0) is 29.9. The Morgan fingerprint density at radius 2 is 1.76 bits per heavy atom. The van der Waals surface area contributed by atoms with Gasteiger partial charge in [0.2, 0.25) is 0 Å². The lowest BCUT2D eigenvalue weighted by molar-refractivity contribution is -0.118. The summed E-state index contributed by atoms with van der Waals surface area (Å²) in [4.78, 5) is 33.2. The van der Waals surface area contributed by atoms with Crippen molar-refractivity contribution in [2.45, 2.75) is 53.0 Å². The lowest BCUT2D eigenvalue weighted by Gasteiger charge is -2.23. The SMILES string of the molecule is CCCCCN(Cc1cncs1)C(=O)Oc1cc(Cc2ccccc2)cc(O)c1NC(=O)COc1c(C)cccc1C. The number of nitrogens with zero attached hydrogens (tertiary/aromatic N) is 2. The van der Waals surface area contributed by atoms with E-state index in [0.717, 1.165) is 46.4 Å². The molecule has 0 radical (unpaired) electrons. The fourth-order valence-electron chi connectivity index (χ4n) is 4.59. The number of hydrogen-bond donors (Lipinski definition) is 2. The van der Waals surface area contributed by atoms with Crippen LogP contribution in [0.15, 0.2) is 72.4 Å². The number of hydrogen-bond acceptors (Lipinski definition) is 7. The number of thiazole rings is 1. The van der Waals surface area contributed by atoms with Gasteiger partial charge in [0.15, 0.2) is 12.4 Å². The number of nitrogens with one attached hydrogen (secondary N) is 1. The van der Waals surface area contributed by atoms with Crippen LogP contribution in [0.1, 0.15) is 53.3 Å². The van der Waals surface area contributed by atoms with E-state index in [1.807, 2.05) is 62.4 Å². The van der Waals surface area contributed by atoms with Crippen LogP contribution < -0.4 is 14.8 Å². The Morgan fingerprint density at radius 1 is 1.00 bits per heavy atom. The van der Waals surface area contributed by atoms with Crippen LogP contribution in [0, 0.1) is 13.8 Å². The third-order valence-corrected chi connectivity index (χ3v) is 7.49. The van der Waals surface area contributed by atoms with Crippen LogP contribution in [-0.4, -0.2) is 40.1 Å². The van der Waals surface area contributed by atoms with Crippen LogP contribution in [0.4, 0.5) is 10.5 Å². The van der Waals surface area contributed by atoms with Gasteiger partial charge in [-0.05, 0) is 61.1 Å². The molecular formula is C33H37N3O5S. The number of carbonyl (C=O) groups is 2. The molecule has 2 N–H and O–H groups in total. The summed E-state index contributed by atoms with van der Waals surface area (Å²) in [5.74, 6) is 0.000774. The first-order chi connectivity index (χ1) is 20.3. The highest BCUT2D eigenvalue weighted by Gasteiger charge is 2.22. The predicted molar refractivity (Wildman–Crippen MR) is 165 cm³/mol. The normalized spacial score (nSPS) is 10.7. The Kier molecular flexibility index (Phi) is 10.9. The van der Waals surface area contributed by atoms with E-state index in [2.05, 4.69) is 17.2 Å². The van der Waals surface area contributed by atoms with E-state index in [4.69, 9.17) is 9.47 Å². The van der Waals surface area contributed by atoms with Gasteiger partial charge >= 0.3 is 6.09 Å². The number of carbonyl (C=O) groups excluding carboxylic acids is 2. The Hall–Kier alpha value is -4.37. The lowest BCUT2D eigenvalue weighted by atomic mass is 10.0. The zero-order valence-corrected chi connectivity index (χ0v) is 25.1. The lowest BCUT2D eigenvalue weighted by Crippen LogP contribution is -2.34. The third-order valence-electron chi connectivity index (χ3n) is 6.73. The van der Waals surface area contributed by atoms with Crippen LogP contribution in [-0.2, 0) is 17.8 Å². The van der Waals surface area contributed by atoms with Crippen molar-refractivity contribution in [3.8, 4) is 17.2 Å². The maximum Gasteiger partial charge on any atom is 0.415 e. The van der Waals surface area contributed by atoms with Gasteiger partial charge in [-0.2, -0.15) is 0 Å². The molecule has 0 aliphatic heterocycles. The average Bonchev–Trinajstić information content (AvgIpc) is 3.48. The minimum absolute atomic E-state index is 0.0153. The molecule has 0 atom stereocenters. The molecule has 0 aliphatic carbocycles. The zero-order valence-electron chi connectivity index (χ0n) is 24.3. The molecule has 0 saturated carbocycles. The molecule has 1 heterocycles. The molecule has 9 heteroatoms. The van der Waals surface area contributed by atoms with Crippen molar-refractivity contribution in [2.24, 2.45) is 0 Å². The van der Waals surface area contributed by atoms with E-state index in [0.29, 0.717) is 25.3 Å². The molecule has 0 spiro atoms. The number of phenols is 1. The summed E-state index contributed by atoms with van der Waals surface area (Å²) in [7, 11) is 0. The van der Waals surface area contributed by atoms with Crippen molar-refractivity contribution < 1.29 is 24.2 Å². The Bertz CT molecular complexity index is 1450. The van der Waals surface area contributed by atoms with Gasteiger partial charge in [-0.25, -0.2) is 4.79 Å². The molecule has 0 bridgehead atoms. The number of aromatic hydroxyl groups is 1. The van der Waals surface area contributed by atoms with E-state index in [-0.39, 0.29) is 23.8 Å². The maximum atomic E-state index is 13.5. The van der Waals surface area contributed by atoms with Gasteiger partial charge in [0.25, 0.3) is 5.91 Å². The van der Waals surface area contributed by atoms with E-state index < -0.39 is 12.0 Å². The molecule has 8 nitrogen and oxygen atoms in total. The quantitative estimate of drug-likeness (QED) is 0.126. The highest BCUT2D eigenvalue weighted by Crippen LogP contribution is 2.37. The monoisotopic (exact) mass is 587 g/mol. The van der Waals surface area contributed by atoms with Crippen LogP contribution in [0.25, 0.3) is 0 Å². The first-order valence-electron chi connectivity index (χ1n) is 14.1. The van der Waals surface area contributed by atoms with Crippen LogP contribution in [0.2, 0.25) is 0 Å². The number of aromatic nitrogens is 1. The van der Waals surface area contributed by atoms with Gasteiger partial charge in [-0.15, -0.1) is 11.3 Å². The first kappa shape index (κ1) is 30.6. The molecule has 3 aromatic carbocycles. The summed E-state index contributed by atoms with van der Waals surface area (Å²) in [5, 5.41) is 13.7. The molecular weight excluding hydrogens is 550 g/mol. The number of ether oxygens (including phenoxy) is 2. The molecule has 0 fully saturated rings. The number of unbranched alkanes of at least 4 members (excludes halogenated alkanes) is 2. The standard InChI is InChI=1S/C33H37N3O5S/c1-4-5-9-15-36(20-27-19-34-22-42-27)33(39)41-29-18-26(16-25-13-7-6-8-14-25)17-28(37)31(29)35-30(38)21-40-32-23(2)11-10-12-24(32)3/h6-8,10-14,17-19,22,37H,4-5,9,15-16,20-21H2,1-3H3,(H,35,38). The second kappa shape index (κ2) is 15.0. The molecule has 1 aromatic heterocycles. The summed E-state index contributed by atoms with van der Waals surface area (Å²) in [6.45, 7) is 6.51. The molecule has 4 rings (SSSR count). The number of benzene rings is 3. The minimum atomic E-state index is -0.571. The van der Waals surface area contributed by atoms with E-state index in [1.54, 1.807) is 28.7 Å². The van der Waals surface area contributed by atoms with Crippen molar-refractivity contribution in [2.75, 3.05) is 18.5 Å². The van der Waals surface area contributed by atoms with E-state index >= 15 is 0 Å². The number of para-hydroxylation sites is 1. The number of amides is 2. The molecule has 220 valence electrons. The van der Waals surface area contributed by atoms with Crippen molar-refractivity contribution >= 4 is 29.0 Å². The predicted octanol–water partition coefficient (Wildman–Crippen LogP) is 7.27. The van der Waals surface area contributed by atoms with Gasteiger partial charge in [-0.1, -0.05) is 68.3 Å². The van der Waals surface area contributed by atoms with Crippen LogP contribution in [0.5, 0.6) is 17.2 Å². The van der Waals surface area contributed by atoms with Gasteiger partial charge in [0.05, 0.1) is 12.1 Å². The molecule has 0 unspecified atom stereocenters. The molecule has 0 aliphatic rings. The second-order valence-electron chi connectivity index (χ2n) is 10.2. The number of phenolic OH excluding ortho intramolecular Hbond substituents is 1. The molecule has 42 heavy (non-hydrogen) atoms. The van der Waals surface area contributed by atoms with Gasteiger partial charge in [-0.3, -0.25) is 9.78 Å². The second-order valence-corrected chi connectivity index (χ2v) is 11.1. The fourth-order valence-corrected chi connectivity index (χ4v) is 5.20. The average molecular weight is 588 g/mol. The summed E-state index contributed by atoms with van der Waals surface area (Å²) in [6.07, 6.45) is 4.48. The van der Waals surface area contributed by atoms with Gasteiger partial charge in [0.1, 0.15) is 17.2 Å². The minimum Gasteiger partial charge on any atom is -0.506 e. The van der Waals surface area contributed by atoms with Crippen molar-refractivity contribution in [3.63, 3.8) is 0 Å². The highest BCUT2D eigenvalue weighted by molar-refractivity contribution is 7.09. The number of anilines is 1. The highest BCUT2D eigenvalue weighted by atomic mass is 32.1.